The normalized spacial score (nSPS) is 8.86. The van der Waals surface area contributed by atoms with Gasteiger partial charge in [0, 0.05) is 0 Å². The molecule has 0 aliphatic carbocycles. The van der Waals surface area contributed by atoms with E-state index in [1.54, 1.807) is 14.1 Å². The Kier molecular flexibility index (Phi) is 12.7. The second-order valence-electron chi connectivity index (χ2n) is 3.68. The fourth-order valence-corrected chi connectivity index (χ4v) is 0.321. The minimum absolute atomic E-state index is 0.189. The maximum Gasteiger partial charge on any atom is -0.162 e. The summed E-state index contributed by atoms with van der Waals surface area (Å²) in [6.07, 6.45) is 0. The van der Waals surface area contributed by atoms with Crippen molar-refractivity contribution in [1.29, 1.82) is 0 Å². The first-order valence-electron chi connectivity index (χ1n) is 4.48. The Balaban J connectivity index is 0. The zero-order chi connectivity index (χ0) is 11.4. The molecule has 0 unspecified atom stereocenters. The SMILES string of the molecule is CC(C)(C)[N]=[Nb].C[N-]C.c1cc[cH-]c1. The average molecular weight is 273 g/mol. The summed E-state index contributed by atoms with van der Waals surface area (Å²) < 4.78 is 4.07. The quantitative estimate of drug-likeness (QED) is 0.510. The van der Waals surface area contributed by atoms with Gasteiger partial charge in [0.25, 0.3) is 0 Å². The van der Waals surface area contributed by atoms with Crippen LogP contribution in [0.15, 0.2) is 33.7 Å². The molecule has 0 amide bonds. The molecule has 0 saturated heterocycles. The molecule has 1 rings (SSSR count). The molecular weight excluding hydrogens is 253 g/mol. The molecule has 1 aromatic carbocycles. The Morgan fingerprint density at radius 2 is 1.43 bits per heavy atom. The fraction of sp³-hybridized carbons (Fsp3) is 0.545. The van der Waals surface area contributed by atoms with Crippen LogP contribution in [0.4, 0.5) is 0 Å². The number of nitrogens with zero attached hydrogens (tertiary/aromatic N) is 2. The Morgan fingerprint density at radius 1 is 1.14 bits per heavy atom. The van der Waals surface area contributed by atoms with Crippen molar-refractivity contribution < 1.29 is 20.9 Å². The van der Waals surface area contributed by atoms with Crippen molar-refractivity contribution in [2.24, 2.45) is 3.34 Å². The summed E-state index contributed by atoms with van der Waals surface area (Å²) >= 11 is 1.52. The number of rotatable bonds is 0. The molecule has 0 aliphatic rings. The Morgan fingerprint density at radius 3 is 1.50 bits per heavy atom. The predicted octanol–water partition coefficient (Wildman–Crippen LogP) is 3.54. The standard InChI is InChI=1S/C5H5.C4H9N.C2H6N.Nb/c1-2-4-5-3-1;1-4(2,3)5;1-3-2;/h1-5H;1-3H3;1-2H3;/q-1;;-1;. The summed E-state index contributed by atoms with van der Waals surface area (Å²) in [5, 5.41) is 3.50. The molecule has 2 nitrogen and oxygen atoms in total. The van der Waals surface area contributed by atoms with Crippen molar-refractivity contribution in [3.05, 3.63) is 35.6 Å². The molecule has 0 aliphatic heterocycles. The molecule has 0 spiro atoms. The summed E-state index contributed by atoms with van der Waals surface area (Å²) in [6.45, 7) is 6.27. The molecular formula is C11H20N2Nb-2. The molecule has 0 atom stereocenters. The van der Waals surface area contributed by atoms with Crippen molar-refractivity contribution in [3.63, 3.8) is 0 Å². The van der Waals surface area contributed by atoms with Crippen LogP contribution in [-0.4, -0.2) is 19.6 Å². The third-order valence-electron chi connectivity index (χ3n) is 0.856. The monoisotopic (exact) mass is 273 g/mol. The molecule has 14 heavy (non-hydrogen) atoms. The maximum atomic E-state index is 4.07. The zero-order valence-electron chi connectivity index (χ0n) is 9.73. The molecule has 81 valence electrons. The van der Waals surface area contributed by atoms with Gasteiger partial charge in [0.1, 0.15) is 0 Å². The summed E-state index contributed by atoms with van der Waals surface area (Å²) in [5.41, 5.74) is 0.189. The van der Waals surface area contributed by atoms with Crippen LogP contribution in [0.2, 0.25) is 0 Å². The molecule has 3 heteroatoms. The average Bonchev–Trinajstić information content (AvgIpc) is 2.61. The van der Waals surface area contributed by atoms with E-state index in [0.29, 0.717) is 0 Å². The van der Waals surface area contributed by atoms with E-state index in [-0.39, 0.29) is 5.54 Å². The van der Waals surface area contributed by atoms with Gasteiger partial charge in [0.2, 0.25) is 0 Å². The van der Waals surface area contributed by atoms with Crippen LogP contribution in [0, 0.1) is 0 Å². The Bertz CT molecular complexity index is 170. The number of hydrogen-bond acceptors (Lipinski definition) is 1. The summed E-state index contributed by atoms with van der Waals surface area (Å²) in [4.78, 5) is 0. The van der Waals surface area contributed by atoms with Crippen molar-refractivity contribution >= 4 is 0 Å². The summed E-state index contributed by atoms with van der Waals surface area (Å²) in [5.74, 6) is 0. The van der Waals surface area contributed by atoms with Gasteiger partial charge in [-0.3, -0.25) is 0 Å². The van der Waals surface area contributed by atoms with Gasteiger partial charge in [-0.25, -0.2) is 12.1 Å². The molecule has 0 radical (unpaired) electrons. The van der Waals surface area contributed by atoms with Gasteiger partial charge in [0.15, 0.2) is 0 Å². The molecule has 0 saturated carbocycles. The van der Waals surface area contributed by atoms with Gasteiger partial charge in [-0.2, -0.15) is 32.3 Å². The minimum Gasteiger partial charge on any atom is -0.668 e. The van der Waals surface area contributed by atoms with Crippen LogP contribution in [0.3, 0.4) is 0 Å². The number of hydrogen-bond donors (Lipinski definition) is 0. The molecule has 0 N–H and O–H groups in total. The van der Waals surface area contributed by atoms with Crippen molar-refractivity contribution in [1.82, 2.24) is 0 Å². The first-order chi connectivity index (χ1) is 6.47. The van der Waals surface area contributed by atoms with E-state index < -0.39 is 0 Å². The fourth-order valence-electron chi connectivity index (χ4n) is 0.321. The van der Waals surface area contributed by atoms with Gasteiger partial charge in [0.05, 0.1) is 0 Å². The van der Waals surface area contributed by atoms with Gasteiger partial charge in [-0.05, 0) is 0 Å². The molecule has 0 fully saturated rings. The van der Waals surface area contributed by atoms with E-state index in [1.165, 1.54) is 20.9 Å². The zero-order valence-corrected chi connectivity index (χ0v) is 11.9. The first kappa shape index (κ1) is 16.3. The second-order valence-corrected chi connectivity index (χ2v) is 4.17. The molecule has 0 heterocycles. The van der Waals surface area contributed by atoms with Crippen molar-refractivity contribution in [2.45, 2.75) is 26.3 Å². The van der Waals surface area contributed by atoms with E-state index in [4.69, 9.17) is 0 Å². The molecule has 0 aromatic heterocycles. The van der Waals surface area contributed by atoms with E-state index in [9.17, 15) is 0 Å². The largest absolute Gasteiger partial charge is 0.668 e. The van der Waals surface area contributed by atoms with Crippen LogP contribution in [0.25, 0.3) is 5.32 Å². The van der Waals surface area contributed by atoms with Gasteiger partial charge < -0.3 is 5.32 Å². The van der Waals surface area contributed by atoms with Crippen molar-refractivity contribution in [3.8, 4) is 0 Å². The second kappa shape index (κ2) is 10.9. The smallest absolute Gasteiger partial charge is 0.162 e. The van der Waals surface area contributed by atoms with E-state index in [0.717, 1.165) is 0 Å². The van der Waals surface area contributed by atoms with Crippen LogP contribution in [0.5, 0.6) is 0 Å². The molecule has 0 bridgehead atoms. The molecule has 1 aromatic rings. The first-order valence-corrected chi connectivity index (χ1v) is 5.47. The van der Waals surface area contributed by atoms with E-state index in [1.807, 2.05) is 30.3 Å². The van der Waals surface area contributed by atoms with Crippen LogP contribution in [0.1, 0.15) is 20.8 Å². The van der Waals surface area contributed by atoms with Gasteiger partial charge >= 0.3 is 50.5 Å². The predicted molar refractivity (Wildman–Crippen MR) is 59.4 cm³/mol. The Hall–Kier alpha value is -0.150. The third kappa shape index (κ3) is 22.6. The Labute approximate surface area is 100 Å². The maximum absolute atomic E-state index is 4.07. The summed E-state index contributed by atoms with van der Waals surface area (Å²) in [7, 11) is 3.50. The summed E-state index contributed by atoms with van der Waals surface area (Å²) in [6, 6.07) is 10.0. The van der Waals surface area contributed by atoms with Crippen LogP contribution in [-0.2, 0) is 20.9 Å². The van der Waals surface area contributed by atoms with Crippen molar-refractivity contribution in [2.75, 3.05) is 14.1 Å². The van der Waals surface area contributed by atoms with E-state index in [2.05, 4.69) is 29.4 Å². The van der Waals surface area contributed by atoms with E-state index >= 15 is 0 Å². The minimum atomic E-state index is 0.189. The van der Waals surface area contributed by atoms with Crippen LogP contribution >= 0.6 is 0 Å². The van der Waals surface area contributed by atoms with Crippen LogP contribution < -0.4 is 0 Å². The van der Waals surface area contributed by atoms with Gasteiger partial charge in [-0.1, -0.05) is 0 Å². The third-order valence-corrected chi connectivity index (χ3v) is 2.33. The van der Waals surface area contributed by atoms with Gasteiger partial charge in [-0.15, -0.1) is 0 Å². The topological polar surface area (TPSA) is 26.5 Å².